The fourth-order valence-corrected chi connectivity index (χ4v) is 2.81. The van der Waals surface area contributed by atoms with E-state index in [1.54, 1.807) is 0 Å². The maximum atomic E-state index is 13.4. The second kappa shape index (κ2) is 6.59. The molecule has 0 aliphatic carbocycles. The number of halogens is 2. The summed E-state index contributed by atoms with van der Waals surface area (Å²) in [6.45, 7) is 0. The van der Waals surface area contributed by atoms with Gasteiger partial charge in [0.2, 0.25) is 11.0 Å². The van der Waals surface area contributed by atoms with E-state index in [-0.39, 0.29) is 10.9 Å². The zero-order valence-corrected chi connectivity index (χ0v) is 11.9. The number of nitrogens with one attached hydrogen (secondary N) is 1. The number of primary amides is 1. The zero-order valence-electron chi connectivity index (χ0n) is 10.3. The Labute approximate surface area is 125 Å². The number of hydrogen-bond donors (Lipinski definition) is 2. The van der Waals surface area contributed by atoms with Gasteiger partial charge in [0.05, 0.1) is 5.75 Å². The second-order valence-corrected chi connectivity index (χ2v) is 5.88. The number of carbonyl (C=O) groups excluding carboxylic acids is 2. The standard InChI is InChI=1S/C11H8F2N4O2S2/c12-5-2-1-3-6(13)8(5)9(19)15-10-16-17-11(21-10)20-4-7(14)18/h1-3H,4H2,(H2,14,18)(H,15,16,19). The molecule has 0 atom stereocenters. The van der Waals surface area contributed by atoms with Gasteiger partial charge in [-0.3, -0.25) is 14.9 Å². The van der Waals surface area contributed by atoms with Crippen LogP contribution in [0.25, 0.3) is 0 Å². The lowest BCUT2D eigenvalue weighted by molar-refractivity contribution is -0.115. The summed E-state index contributed by atoms with van der Waals surface area (Å²) >= 11 is 2.02. The Morgan fingerprint density at radius 3 is 2.57 bits per heavy atom. The topological polar surface area (TPSA) is 98.0 Å². The summed E-state index contributed by atoms with van der Waals surface area (Å²) in [4.78, 5) is 22.4. The smallest absolute Gasteiger partial charge is 0.263 e. The summed E-state index contributed by atoms with van der Waals surface area (Å²) in [5.74, 6) is -3.41. The van der Waals surface area contributed by atoms with Crippen LogP contribution in [-0.2, 0) is 4.79 Å². The van der Waals surface area contributed by atoms with Crippen LogP contribution in [0.2, 0.25) is 0 Å². The molecule has 10 heteroatoms. The number of hydrogen-bond acceptors (Lipinski definition) is 6. The lowest BCUT2D eigenvalue weighted by atomic mass is 10.2. The van der Waals surface area contributed by atoms with Crippen molar-refractivity contribution in [2.45, 2.75) is 4.34 Å². The van der Waals surface area contributed by atoms with E-state index in [1.165, 1.54) is 0 Å². The van der Waals surface area contributed by atoms with E-state index in [2.05, 4.69) is 15.5 Å². The van der Waals surface area contributed by atoms with Crippen LogP contribution in [0, 0.1) is 11.6 Å². The number of amides is 2. The van der Waals surface area contributed by atoms with Crippen molar-refractivity contribution in [3.63, 3.8) is 0 Å². The van der Waals surface area contributed by atoms with Gasteiger partial charge in [-0.25, -0.2) is 8.78 Å². The van der Waals surface area contributed by atoms with Crippen molar-refractivity contribution in [3.05, 3.63) is 35.4 Å². The third-order valence-corrected chi connectivity index (χ3v) is 4.15. The molecule has 1 heterocycles. The van der Waals surface area contributed by atoms with E-state index in [9.17, 15) is 18.4 Å². The summed E-state index contributed by atoms with van der Waals surface area (Å²) in [7, 11) is 0. The predicted molar refractivity (Wildman–Crippen MR) is 74.1 cm³/mol. The Morgan fingerprint density at radius 1 is 1.29 bits per heavy atom. The van der Waals surface area contributed by atoms with Gasteiger partial charge in [-0.2, -0.15) is 0 Å². The number of aromatic nitrogens is 2. The molecule has 0 saturated heterocycles. The third kappa shape index (κ3) is 3.95. The van der Waals surface area contributed by atoms with E-state index >= 15 is 0 Å². The predicted octanol–water partition coefficient (Wildman–Crippen LogP) is 1.65. The molecule has 0 aliphatic heterocycles. The molecular weight excluding hydrogens is 322 g/mol. The molecule has 1 aromatic carbocycles. The number of nitrogens with zero attached hydrogens (tertiary/aromatic N) is 2. The van der Waals surface area contributed by atoms with Crippen LogP contribution in [0.5, 0.6) is 0 Å². The van der Waals surface area contributed by atoms with Gasteiger partial charge in [0.25, 0.3) is 5.91 Å². The molecule has 0 bridgehead atoms. The number of thioether (sulfide) groups is 1. The lowest BCUT2D eigenvalue weighted by Crippen LogP contribution is -2.15. The van der Waals surface area contributed by atoms with E-state index in [4.69, 9.17) is 5.73 Å². The highest BCUT2D eigenvalue weighted by Crippen LogP contribution is 2.25. The number of rotatable bonds is 5. The van der Waals surface area contributed by atoms with Crippen LogP contribution in [-0.4, -0.2) is 27.8 Å². The summed E-state index contributed by atoms with van der Waals surface area (Å²) < 4.78 is 27.3. The molecule has 6 nitrogen and oxygen atoms in total. The van der Waals surface area contributed by atoms with Gasteiger partial charge in [0.15, 0.2) is 4.34 Å². The van der Waals surface area contributed by atoms with Gasteiger partial charge < -0.3 is 5.73 Å². The minimum atomic E-state index is -0.972. The molecule has 2 aromatic rings. The molecule has 0 radical (unpaired) electrons. The number of carbonyl (C=O) groups is 2. The van der Waals surface area contributed by atoms with Gasteiger partial charge in [0.1, 0.15) is 17.2 Å². The average molecular weight is 330 g/mol. The minimum Gasteiger partial charge on any atom is -0.369 e. The SMILES string of the molecule is NC(=O)CSc1nnc(NC(=O)c2c(F)cccc2F)s1. The highest BCUT2D eigenvalue weighted by Gasteiger charge is 2.18. The van der Waals surface area contributed by atoms with Gasteiger partial charge in [-0.1, -0.05) is 29.2 Å². The summed E-state index contributed by atoms with van der Waals surface area (Å²) in [5.41, 5.74) is 4.29. The maximum Gasteiger partial charge on any atom is 0.263 e. The van der Waals surface area contributed by atoms with E-state index in [0.29, 0.717) is 4.34 Å². The molecule has 21 heavy (non-hydrogen) atoms. The summed E-state index contributed by atoms with van der Waals surface area (Å²) in [6, 6.07) is 3.11. The monoisotopic (exact) mass is 330 g/mol. The molecule has 0 unspecified atom stereocenters. The quantitative estimate of drug-likeness (QED) is 0.641. The molecule has 0 fully saturated rings. The van der Waals surface area contributed by atoms with Crippen molar-refractivity contribution in [3.8, 4) is 0 Å². The normalized spacial score (nSPS) is 10.4. The minimum absolute atomic E-state index is 0.0184. The Morgan fingerprint density at radius 2 is 1.95 bits per heavy atom. The largest absolute Gasteiger partial charge is 0.369 e. The highest BCUT2D eigenvalue weighted by molar-refractivity contribution is 8.01. The van der Waals surface area contributed by atoms with E-state index in [1.807, 2.05) is 0 Å². The number of benzene rings is 1. The Kier molecular flexibility index (Phi) is 4.81. The van der Waals surface area contributed by atoms with E-state index in [0.717, 1.165) is 41.3 Å². The first kappa shape index (κ1) is 15.3. The van der Waals surface area contributed by atoms with E-state index < -0.39 is 29.0 Å². The van der Waals surface area contributed by atoms with Crippen molar-refractivity contribution >= 4 is 40.0 Å². The Hall–Kier alpha value is -2.07. The molecule has 2 amide bonds. The lowest BCUT2D eigenvalue weighted by Gasteiger charge is -2.03. The van der Waals surface area contributed by atoms with Gasteiger partial charge in [0, 0.05) is 0 Å². The molecule has 0 aliphatic rings. The van der Waals surface area contributed by atoms with Crippen molar-refractivity contribution in [1.82, 2.24) is 10.2 Å². The van der Waals surface area contributed by atoms with Gasteiger partial charge in [-0.15, -0.1) is 10.2 Å². The summed E-state index contributed by atoms with van der Waals surface area (Å²) in [6.07, 6.45) is 0. The van der Waals surface area contributed by atoms with Crippen molar-refractivity contribution in [2.24, 2.45) is 5.73 Å². The molecular formula is C11H8F2N4O2S2. The molecule has 0 saturated carbocycles. The fraction of sp³-hybridized carbons (Fsp3) is 0.0909. The van der Waals surface area contributed by atoms with Crippen LogP contribution < -0.4 is 11.1 Å². The molecule has 3 N–H and O–H groups in total. The maximum absolute atomic E-state index is 13.4. The van der Waals surface area contributed by atoms with Crippen LogP contribution in [0.15, 0.2) is 22.5 Å². The summed E-state index contributed by atoms with van der Waals surface area (Å²) in [5, 5.41) is 9.65. The van der Waals surface area contributed by atoms with Crippen LogP contribution in [0.3, 0.4) is 0 Å². The zero-order chi connectivity index (χ0) is 15.4. The highest BCUT2D eigenvalue weighted by atomic mass is 32.2. The molecule has 110 valence electrons. The Bertz CT molecular complexity index is 672. The number of nitrogens with two attached hydrogens (primary N) is 1. The van der Waals surface area contributed by atoms with Gasteiger partial charge in [-0.05, 0) is 12.1 Å². The first-order valence-corrected chi connectivity index (χ1v) is 7.27. The van der Waals surface area contributed by atoms with Crippen molar-refractivity contribution < 1.29 is 18.4 Å². The first-order chi connectivity index (χ1) is 9.97. The van der Waals surface area contributed by atoms with Crippen molar-refractivity contribution in [1.29, 1.82) is 0 Å². The van der Waals surface area contributed by atoms with Crippen molar-refractivity contribution in [2.75, 3.05) is 11.1 Å². The van der Waals surface area contributed by atoms with Crippen LogP contribution >= 0.6 is 23.1 Å². The fourth-order valence-electron chi connectivity index (χ4n) is 1.33. The molecule has 1 aromatic heterocycles. The second-order valence-electron chi connectivity index (χ2n) is 3.68. The van der Waals surface area contributed by atoms with Crippen LogP contribution in [0.1, 0.15) is 10.4 Å². The number of anilines is 1. The van der Waals surface area contributed by atoms with Gasteiger partial charge >= 0.3 is 0 Å². The van der Waals surface area contributed by atoms with Crippen LogP contribution in [0.4, 0.5) is 13.9 Å². The third-order valence-electron chi connectivity index (χ3n) is 2.15. The Balaban J connectivity index is 2.08. The average Bonchev–Trinajstić information content (AvgIpc) is 2.83. The first-order valence-electron chi connectivity index (χ1n) is 5.47. The molecule has 0 spiro atoms. The molecule has 2 rings (SSSR count).